The van der Waals surface area contributed by atoms with Crippen LogP contribution in [-0.2, 0) is 9.53 Å². The summed E-state index contributed by atoms with van der Waals surface area (Å²) in [6.45, 7) is 1.90. The number of ether oxygens (including phenoxy) is 2. The molecule has 0 fully saturated rings. The van der Waals surface area contributed by atoms with Crippen molar-refractivity contribution in [3.63, 3.8) is 0 Å². The van der Waals surface area contributed by atoms with Gasteiger partial charge in [-0.25, -0.2) is 9.18 Å². The first-order chi connectivity index (χ1) is 8.11. The van der Waals surface area contributed by atoms with Crippen LogP contribution < -0.4 is 4.74 Å². The van der Waals surface area contributed by atoms with E-state index in [0.29, 0.717) is 0 Å². The molecule has 0 spiro atoms. The Balaban J connectivity index is 2.25. The molecule has 0 N–H and O–H groups in total. The summed E-state index contributed by atoms with van der Waals surface area (Å²) in [7, 11) is 0. The van der Waals surface area contributed by atoms with Gasteiger partial charge in [-0.1, -0.05) is 0 Å². The van der Waals surface area contributed by atoms with E-state index in [1.807, 2.05) is 0 Å². The Morgan fingerprint density at radius 1 is 1.59 bits per heavy atom. The van der Waals surface area contributed by atoms with E-state index in [0.717, 1.165) is 6.07 Å². The number of fused-ring (bicyclic) bond motifs is 1. The van der Waals surface area contributed by atoms with Crippen molar-refractivity contribution in [1.82, 2.24) is 0 Å². The van der Waals surface area contributed by atoms with Gasteiger partial charge in [0.2, 0.25) is 6.10 Å². The van der Waals surface area contributed by atoms with Crippen LogP contribution >= 0.6 is 0 Å². The molecular weight excluding hydrogens is 227 g/mol. The first-order valence-electron chi connectivity index (χ1n) is 5.28. The van der Waals surface area contributed by atoms with Gasteiger partial charge >= 0.3 is 5.97 Å². The zero-order valence-corrected chi connectivity index (χ0v) is 9.23. The average molecular weight is 238 g/mol. The van der Waals surface area contributed by atoms with E-state index in [9.17, 15) is 14.0 Å². The van der Waals surface area contributed by atoms with Crippen LogP contribution in [-0.4, -0.2) is 24.5 Å². The quantitative estimate of drug-likeness (QED) is 0.736. The standard InChI is InChI=1S/C12H11FO4/c1-2-16-12(15)11-6-9(14)8-5-7(13)3-4-10(8)17-11/h3-5,11H,2,6H2,1H3/t11-/m0/s1. The second kappa shape index (κ2) is 4.53. The molecule has 4 nitrogen and oxygen atoms in total. The predicted molar refractivity (Wildman–Crippen MR) is 56.4 cm³/mol. The van der Waals surface area contributed by atoms with Crippen LogP contribution in [0.3, 0.4) is 0 Å². The molecule has 1 aromatic carbocycles. The topological polar surface area (TPSA) is 52.6 Å². The summed E-state index contributed by atoms with van der Waals surface area (Å²) < 4.78 is 23.0. The summed E-state index contributed by atoms with van der Waals surface area (Å²) in [6.07, 6.45) is -1.05. The van der Waals surface area contributed by atoms with E-state index in [1.54, 1.807) is 6.92 Å². The number of hydrogen-bond donors (Lipinski definition) is 0. The van der Waals surface area contributed by atoms with Gasteiger partial charge in [0.05, 0.1) is 18.6 Å². The molecule has 0 unspecified atom stereocenters. The zero-order chi connectivity index (χ0) is 12.4. The molecule has 0 amide bonds. The van der Waals surface area contributed by atoms with E-state index >= 15 is 0 Å². The normalized spacial score (nSPS) is 18.2. The second-order valence-electron chi connectivity index (χ2n) is 3.63. The fourth-order valence-electron chi connectivity index (χ4n) is 1.66. The third kappa shape index (κ3) is 2.27. The third-order valence-corrected chi connectivity index (χ3v) is 2.43. The molecule has 1 atom stereocenters. The molecule has 0 saturated heterocycles. The average Bonchev–Trinajstić information content (AvgIpc) is 2.30. The molecule has 0 aliphatic carbocycles. The zero-order valence-electron chi connectivity index (χ0n) is 9.23. The van der Waals surface area contributed by atoms with Gasteiger partial charge < -0.3 is 9.47 Å². The highest BCUT2D eigenvalue weighted by molar-refractivity contribution is 6.02. The van der Waals surface area contributed by atoms with Crippen LogP contribution in [0.25, 0.3) is 0 Å². The van der Waals surface area contributed by atoms with Gasteiger partial charge in [-0.15, -0.1) is 0 Å². The maximum absolute atomic E-state index is 12.9. The van der Waals surface area contributed by atoms with Gasteiger partial charge in [-0.3, -0.25) is 4.79 Å². The number of benzene rings is 1. The summed E-state index contributed by atoms with van der Waals surface area (Å²) in [4.78, 5) is 23.1. The van der Waals surface area contributed by atoms with Crippen molar-refractivity contribution < 1.29 is 23.5 Å². The van der Waals surface area contributed by atoms with Gasteiger partial charge in [0.1, 0.15) is 11.6 Å². The van der Waals surface area contributed by atoms with E-state index in [-0.39, 0.29) is 30.1 Å². The lowest BCUT2D eigenvalue weighted by Gasteiger charge is -2.23. The van der Waals surface area contributed by atoms with Gasteiger partial charge in [-0.2, -0.15) is 0 Å². The Morgan fingerprint density at radius 3 is 3.06 bits per heavy atom. The molecule has 1 aromatic rings. The number of esters is 1. The van der Waals surface area contributed by atoms with Crippen LogP contribution in [0, 0.1) is 5.82 Å². The van der Waals surface area contributed by atoms with Crippen LogP contribution in [0.15, 0.2) is 18.2 Å². The van der Waals surface area contributed by atoms with Crippen LogP contribution in [0.4, 0.5) is 4.39 Å². The van der Waals surface area contributed by atoms with Crippen LogP contribution in [0.5, 0.6) is 5.75 Å². The SMILES string of the molecule is CCOC(=O)[C@@H]1CC(=O)c2cc(F)ccc2O1. The molecule has 1 heterocycles. The molecule has 0 radical (unpaired) electrons. The summed E-state index contributed by atoms with van der Waals surface area (Å²) in [5.41, 5.74) is 0.172. The number of Topliss-reactive ketones (excluding diaryl/α,β-unsaturated/α-hetero) is 1. The van der Waals surface area contributed by atoms with Crippen molar-refractivity contribution in [1.29, 1.82) is 0 Å². The number of halogens is 1. The highest BCUT2D eigenvalue weighted by Gasteiger charge is 2.32. The molecule has 90 valence electrons. The second-order valence-corrected chi connectivity index (χ2v) is 3.63. The largest absolute Gasteiger partial charge is 0.477 e. The molecule has 0 bridgehead atoms. The summed E-state index contributed by atoms with van der Waals surface area (Å²) in [5.74, 6) is -1.17. The van der Waals surface area contributed by atoms with E-state index in [4.69, 9.17) is 9.47 Å². The highest BCUT2D eigenvalue weighted by atomic mass is 19.1. The monoisotopic (exact) mass is 238 g/mol. The van der Waals surface area contributed by atoms with E-state index < -0.39 is 17.9 Å². The molecule has 1 aliphatic heterocycles. The van der Waals surface area contributed by atoms with Crippen molar-refractivity contribution in [2.75, 3.05) is 6.61 Å². The molecule has 0 saturated carbocycles. The Bertz CT molecular complexity index is 470. The van der Waals surface area contributed by atoms with Crippen LogP contribution in [0.1, 0.15) is 23.7 Å². The predicted octanol–water partition coefficient (Wildman–Crippen LogP) is 1.72. The fraction of sp³-hybridized carbons (Fsp3) is 0.333. The minimum absolute atomic E-state index is 0.116. The van der Waals surface area contributed by atoms with Gasteiger partial charge in [0.25, 0.3) is 0 Å². The van der Waals surface area contributed by atoms with Gasteiger partial charge in [0, 0.05) is 0 Å². The lowest BCUT2D eigenvalue weighted by molar-refractivity contribution is -0.151. The van der Waals surface area contributed by atoms with Crippen molar-refractivity contribution >= 4 is 11.8 Å². The molecule has 0 aromatic heterocycles. The Labute approximate surface area is 97.3 Å². The molecular formula is C12H11FO4. The molecule has 1 aliphatic rings. The Kier molecular flexibility index (Phi) is 3.08. The lowest BCUT2D eigenvalue weighted by Crippen LogP contribution is -2.35. The first-order valence-corrected chi connectivity index (χ1v) is 5.28. The fourth-order valence-corrected chi connectivity index (χ4v) is 1.66. The minimum Gasteiger partial charge on any atom is -0.477 e. The third-order valence-electron chi connectivity index (χ3n) is 2.43. The Morgan fingerprint density at radius 2 is 2.35 bits per heavy atom. The molecule has 5 heteroatoms. The molecule has 17 heavy (non-hydrogen) atoms. The number of carbonyl (C=O) groups is 2. The minimum atomic E-state index is -0.930. The van der Waals surface area contributed by atoms with Crippen molar-refractivity contribution in [3.05, 3.63) is 29.6 Å². The number of carbonyl (C=O) groups excluding carboxylic acids is 2. The number of rotatable bonds is 2. The summed E-state index contributed by atoms with van der Waals surface area (Å²) in [5, 5.41) is 0. The Hall–Kier alpha value is -1.91. The van der Waals surface area contributed by atoms with Crippen molar-refractivity contribution in [2.45, 2.75) is 19.4 Å². The highest BCUT2D eigenvalue weighted by Crippen LogP contribution is 2.28. The molecule has 2 rings (SSSR count). The van der Waals surface area contributed by atoms with Gasteiger partial charge in [0.15, 0.2) is 5.78 Å². The summed E-state index contributed by atoms with van der Waals surface area (Å²) >= 11 is 0. The van der Waals surface area contributed by atoms with Gasteiger partial charge in [-0.05, 0) is 25.1 Å². The number of ketones is 1. The maximum atomic E-state index is 12.9. The summed E-state index contributed by atoms with van der Waals surface area (Å²) in [6, 6.07) is 3.63. The van der Waals surface area contributed by atoms with E-state index in [2.05, 4.69) is 0 Å². The van der Waals surface area contributed by atoms with Crippen molar-refractivity contribution in [2.24, 2.45) is 0 Å². The van der Waals surface area contributed by atoms with Crippen LogP contribution in [0.2, 0.25) is 0 Å². The van der Waals surface area contributed by atoms with Crippen molar-refractivity contribution in [3.8, 4) is 5.75 Å². The smallest absolute Gasteiger partial charge is 0.347 e. The maximum Gasteiger partial charge on any atom is 0.347 e. The van der Waals surface area contributed by atoms with E-state index in [1.165, 1.54) is 12.1 Å². The number of hydrogen-bond acceptors (Lipinski definition) is 4. The lowest BCUT2D eigenvalue weighted by atomic mass is 10.0. The first kappa shape index (κ1) is 11.6.